The maximum absolute atomic E-state index is 12.7. The van der Waals surface area contributed by atoms with Gasteiger partial charge in [0.1, 0.15) is 12.4 Å². The first kappa shape index (κ1) is 24.8. The second-order valence-electron chi connectivity index (χ2n) is 6.68. The van der Waals surface area contributed by atoms with Gasteiger partial charge in [0.2, 0.25) is 5.91 Å². The minimum absolute atomic E-state index is 0.143. The Balaban J connectivity index is 2.00. The molecule has 0 atom stereocenters. The van der Waals surface area contributed by atoms with E-state index in [-0.39, 0.29) is 17.4 Å². The highest BCUT2D eigenvalue weighted by molar-refractivity contribution is 9.10. The number of nitrogens with two attached hydrogens (primary N) is 1. The van der Waals surface area contributed by atoms with Crippen LogP contribution < -0.4 is 15.8 Å². The van der Waals surface area contributed by atoms with E-state index in [1.165, 1.54) is 0 Å². The van der Waals surface area contributed by atoms with Crippen LogP contribution in [0.15, 0.2) is 53.0 Å². The first-order valence-corrected chi connectivity index (χ1v) is 10.9. The smallest absolute Gasteiger partial charge is 0.257 e. The van der Waals surface area contributed by atoms with Crippen LogP contribution in [0.3, 0.4) is 0 Å². The number of hydrogen-bond donors (Lipinski definition) is 2. The summed E-state index contributed by atoms with van der Waals surface area (Å²) in [6.07, 6.45) is 0.860. The first-order chi connectivity index (χ1) is 14.9. The van der Waals surface area contributed by atoms with Crippen LogP contribution in [0.4, 0.5) is 0 Å². The number of rotatable bonds is 11. The number of thiocarbonyl (C=S) groups is 1. The second-order valence-corrected chi connectivity index (χ2v) is 7.93. The van der Waals surface area contributed by atoms with Gasteiger partial charge in [-0.25, -0.2) is 0 Å². The number of carbonyl (C=O) groups is 2. The number of nitrogens with one attached hydrogen (secondary N) is 1. The highest BCUT2D eigenvalue weighted by atomic mass is 79.9. The van der Waals surface area contributed by atoms with Gasteiger partial charge in [0.15, 0.2) is 5.11 Å². The van der Waals surface area contributed by atoms with Crippen LogP contribution in [-0.4, -0.2) is 55.2 Å². The van der Waals surface area contributed by atoms with Crippen molar-refractivity contribution in [3.05, 3.63) is 64.1 Å². The van der Waals surface area contributed by atoms with Crippen molar-refractivity contribution < 1.29 is 19.1 Å². The van der Waals surface area contributed by atoms with Crippen LogP contribution in [0.25, 0.3) is 0 Å². The van der Waals surface area contributed by atoms with Crippen molar-refractivity contribution in [3.63, 3.8) is 0 Å². The van der Waals surface area contributed by atoms with Crippen molar-refractivity contribution in [3.8, 4) is 5.75 Å². The molecule has 0 aromatic heterocycles. The van der Waals surface area contributed by atoms with E-state index < -0.39 is 5.91 Å². The Kier molecular flexibility index (Phi) is 10.4. The number of nitrogens with zero attached hydrogens (tertiary/aromatic N) is 1. The molecule has 3 N–H and O–H groups in total. The molecule has 0 aliphatic rings. The molecular weight excluding hydrogens is 482 g/mol. The van der Waals surface area contributed by atoms with Gasteiger partial charge in [0.05, 0.1) is 11.1 Å². The Hall–Kier alpha value is -2.49. The van der Waals surface area contributed by atoms with E-state index in [2.05, 4.69) is 21.2 Å². The zero-order valence-electron chi connectivity index (χ0n) is 17.3. The van der Waals surface area contributed by atoms with Gasteiger partial charge in [0.25, 0.3) is 5.91 Å². The molecule has 0 saturated heterocycles. The molecule has 0 bridgehead atoms. The highest BCUT2D eigenvalue weighted by Crippen LogP contribution is 2.26. The lowest BCUT2D eigenvalue weighted by Crippen LogP contribution is -2.44. The van der Waals surface area contributed by atoms with E-state index in [1.807, 2.05) is 30.3 Å². The summed E-state index contributed by atoms with van der Waals surface area (Å²) in [5.41, 5.74) is 6.85. The topological polar surface area (TPSA) is 93.9 Å². The summed E-state index contributed by atoms with van der Waals surface area (Å²) < 4.78 is 11.2. The summed E-state index contributed by atoms with van der Waals surface area (Å²) in [6.45, 7) is 1.75. The number of ether oxygens (including phenoxy) is 2. The van der Waals surface area contributed by atoms with Gasteiger partial charge in [-0.05, 0) is 58.3 Å². The fraction of sp³-hybridized carbons (Fsp3) is 0.318. The molecule has 0 aliphatic heterocycles. The van der Waals surface area contributed by atoms with E-state index >= 15 is 0 Å². The lowest BCUT2D eigenvalue weighted by molar-refractivity contribution is -0.118. The predicted octanol–water partition coefficient (Wildman–Crippen LogP) is 2.91. The molecule has 2 amide bonds. The molecule has 0 saturated carbocycles. The normalized spacial score (nSPS) is 10.4. The maximum Gasteiger partial charge on any atom is 0.257 e. The van der Waals surface area contributed by atoms with Gasteiger partial charge in [0, 0.05) is 32.2 Å². The zero-order valence-corrected chi connectivity index (χ0v) is 19.7. The first-order valence-electron chi connectivity index (χ1n) is 9.74. The summed E-state index contributed by atoms with van der Waals surface area (Å²) in [6, 6.07) is 14.9. The standard InChI is InChI=1S/C22H26BrN3O4S/c1-29-13-14-30-19-8-7-17(15-18(19)23)21(28)25-22(31)26(12-10-20(24)27)11-9-16-5-3-2-4-6-16/h2-8,15H,9-14H2,1H3,(H2,24,27)(H,25,28,31). The van der Waals surface area contributed by atoms with Crippen LogP contribution in [0.2, 0.25) is 0 Å². The molecule has 0 heterocycles. The minimum atomic E-state index is -0.424. The zero-order chi connectivity index (χ0) is 22.6. The Labute approximate surface area is 196 Å². The summed E-state index contributed by atoms with van der Waals surface area (Å²) in [5.74, 6) is -0.160. The van der Waals surface area contributed by atoms with E-state index in [9.17, 15) is 9.59 Å². The van der Waals surface area contributed by atoms with Crippen LogP contribution in [0.1, 0.15) is 22.3 Å². The SMILES string of the molecule is COCCOc1ccc(C(=O)NC(=S)N(CCC(N)=O)CCc2ccccc2)cc1Br. The Bertz CT molecular complexity index is 896. The lowest BCUT2D eigenvalue weighted by atomic mass is 10.1. The summed E-state index contributed by atoms with van der Waals surface area (Å²) >= 11 is 8.85. The van der Waals surface area contributed by atoms with E-state index in [0.717, 1.165) is 5.56 Å². The molecule has 31 heavy (non-hydrogen) atoms. The van der Waals surface area contributed by atoms with Crippen molar-refractivity contribution >= 4 is 45.1 Å². The van der Waals surface area contributed by atoms with Crippen LogP contribution >= 0.6 is 28.1 Å². The molecule has 2 aromatic rings. The van der Waals surface area contributed by atoms with Crippen molar-refractivity contribution in [1.29, 1.82) is 0 Å². The van der Waals surface area contributed by atoms with Gasteiger partial charge in [-0.3, -0.25) is 14.9 Å². The molecule has 0 aliphatic carbocycles. The monoisotopic (exact) mass is 507 g/mol. The predicted molar refractivity (Wildman–Crippen MR) is 127 cm³/mol. The van der Waals surface area contributed by atoms with Crippen molar-refractivity contribution in [2.45, 2.75) is 12.8 Å². The molecule has 0 fully saturated rings. The number of halogens is 1. The molecule has 0 unspecified atom stereocenters. The van der Waals surface area contributed by atoms with E-state index in [0.29, 0.717) is 48.5 Å². The van der Waals surface area contributed by atoms with Crippen molar-refractivity contribution in [2.75, 3.05) is 33.4 Å². The van der Waals surface area contributed by atoms with Crippen LogP contribution in [0.5, 0.6) is 5.75 Å². The molecule has 0 radical (unpaired) electrons. The average Bonchev–Trinajstić information content (AvgIpc) is 2.75. The van der Waals surface area contributed by atoms with Gasteiger partial charge < -0.3 is 20.1 Å². The summed E-state index contributed by atoms with van der Waals surface area (Å²) in [5, 5.41) is 2.99. The number of amides is 2. The maximum atomic E-state index is 12.7. The summed E-state index contributed by atoms with van der Waals surface area (Å²) in [4.78, 5) is 25.7. The Morgan fingerprint density at radius 2 is 1.87 bits per heavy atom. The third-order valence-electron chi connectivity index (χ3n) is 4.39. The van der Waals surface area contributed by atoms with E-state index in [1.54, 1.807) is 30.2 Å². The van der Waals surface area contributed by atoms with Crippen molar-refractivity contribution in [2.24, 2.45) is 5.73 Å². The highest BCUT2D eigenvalue weighted by Gasteiger charge is 2.16. The van der Waals surface area contributed by atoms with Gasteiger partial charge in [-0.2, -0.15) is 0 Å². The number of primary amides is 1. The fourth-order valence-electron chi connectivity index (χ4n) is 2.71. The molecule has 166 valence electrons. The third kappa shape index (κ3) is 8.64. The third-order valence-corrected chi connectivity index (χ3v) is 5.37. The largest absolute Gasteiger partial charge is 0.490 e. The molecule has 2 aromatic carbocycles. The van der Waals surface area contributed by atoms with Gasteiger partial charge in [-0.15, -0.1) is 0 Å². The molecule has 2 rings (SSSR count). The quantitative estimate of drug-likeness (QED) is 0.358. The summed E-state index contributed by atoms with van der Waals surface area (Å²) in [7, 11) is 1.60. The minimum Gasteiger partial charge on any atom is -0.490 e. The Morgan fingerprint density at radius 3 is 2.52 bits per heavy atom. The van der Waals surface area contributed by atoms with Crippen molar-refractivity contribution in [1.82, 2.24) is 10.2 Å². The molecule has 0 spiro atoms. The van der Waals surface area contributed by atoms with Crippen LogP contribution in [-0.2, 0) is 16.0 Å². The Morgan fingerprint density at radius 1 is 1.13 bits per heavy atom. The second kappa shape index (κ2) is 13.0. The van der Waals surface area contributed by atoms with E-state index in [4.69, 9.17) is 27.4 Å². The lowest BCUT2D eigenvalue weighted by Gasteiger charge is -2.25. The molecule has 7 nitrogen and oxygen atoms in total. The number of methoxy groups -OCH3 is 1. The molecule has 9 heteroatoms. The van der Waals surface area contributed by atoms with Gasteiger partial charge >= 0.3 is 0 Å². The molecular formula is C22H26BrN3O4S. The number of benzene rings is 2. The number of hydrogen-bond acceptors (Lipinski definition) is 5. The van der Waals surface area contributed by atoms with Gasteiger partial charge in [-0.1, -0.05) is 30.3 Å². The fourth-order valence-corrected chi connectivity index (χ4v) is 3.48. The number of carbonyl (C=O) groups excluding carboxylic acids is 2. The average molecular weight is 508 g/mol. The van der Waals surface area contributed by atoms with Crippen LogP contribution in [0, 0.1) is 0 Å².